The second-order valence-electron chi connectivity index (χ2n) is 14.0. The Morgan fingerprint density at radius 3 is 1.94 bits per heavy atom. The number of nitrogens with two attached hydrogens (primary N) is 1. The molecule has 268 valence electrons. The third-order valence-electron chi connectivity index (χ3n) is 9.40. The van der Waals surface area contributed by atoms with Crippen molar-refractivity contribution in [3.63, 3.8) is 0 Å². The molecule has 5 rings (SSSR count). The number of hydrogen-bond acceptors (Lipinski definition) is 11. The van der Waals surface area contributed by atoms with Crippen LogP contribution in [0.4, 0.5) is 0 Å². The molecule has 13 nitrogen and oxygen atoms in total. The fourth-order valence-corrected chi connectivity index (χ4v) is 10.1. The Bertz CT molecular complexity index is 1830. The zero-order valence-electron chi connectivity index (χ0n) is 28.7. The van der Waals surface area contributed by atoms with E-state index in [1.165, 1.54) is 32.9 Å². The molecule has 2 fully saturated rings. The first-order chi connectivity index (χ1) is 23.1. The van der Waals surface area contributed by atoms with Crippen LogP contribution in [-0.4, -0.2) is 93.5 Å². The van der Waals surface area contributed by atoms with Gasteiger partial charge in [-0.2, -0.15) is 8.61 Å². The number of carbonyl (C=O) groups excluding carboxylic acids is 1. The van der Waals surface area contributed by atoms with Gasteiger partial charge in [0.25, 0.3) is 0 Å². The van der Waals surface area contributed by atoms with E-state index in [2.05, 4.69) is 10.3 Å². The molecular formula is C34H47N5O8S2. The van der Waals surface area contributed by atoms with Crippen LogP contribution < -0.4 is 5.73 Å². The van der Waals surface area contributed by atoms with Crippen molar-refractivity contribution in [3.05, 3.63) is 58.7 Å². The molecule has 0 spiro atoms. The number of carbonyl (C=O) groups is 1. The van der Waals surface area contributed by atoms with Gasteiger partial charge >= 0.3 is 5.97 Å². The van der Waals surface area contributed by atoms with Crippen molar-refractivity contribution in [2.45, 2.75) is 69.7 Å². The molecule has 0 saturated carbocycles. The van der Waals surface area contributed by atoms with Crippen molar-refractivity contribution < 1.29 is 36.4 Å². The van der Waals surface area contributed by atoms with Gasteiger partial charge < -0.3 is 20.5 Å². The third-order valence-corrected chi connectivity index (χ3v) is 13.1. The number of rotatable bonds is 10. The number of sulfonamides is 2. The van der Waals surface area contributed by atoms with Gasteiger partial charge in [-0.3, -0.25) is 4.79 Å². The van der Waals surface area contributed by atoms with Gasteiger partial charge in [0.05, 0.1) is 9.79 Å². The van der Waals surface area contributed by atoms with E-state index in [4.69, 9.17) is 15.3 Å². The van der Waals surface area contributed by atoms with Crippen LogP contribution in [0.25, 0.3) is 0 Å². The molecule has 3 N–H and O–H groups in total. The zero-order valence-corrected chi connectivity index (χ0v) is 30.3. The number of fused-ring (bicyclic) bond motifs is 2. The quantitative estimate of drug-likeness (QED) is 0.137. The fourth-order valence-electron chi connectivity index (χ4n) is 6.79. The smallest absolute Gasteiger partial charge is 0.323 e. The molecule has 2 aromatic rings. The van der Waals surface area contributed by atoms with Gasteiger partial charge in [0.2, 0.25) is 20.0 Å². The van der Waals surface area contributed by atoms with Crippen molar-refractivity contribution in [1.29, 1.82) is 0 Å². The summed E-state index contributed by atoms with van der Waals surface area (Å²) in [6.45, 7) is 11.0. The Morgan fingerprint density at radius 1 is 0.857 bits per heavy atom. The van der Waals surface area contributed by atoms with E-state index >= 15 is 0 Å². The van der Waals surface area contributed by atoms with E-state index in [0.717, 1.165) is 19.3 Å². The minimum atomic E-state index is -3.92. The summed E-state index contributed by atoms with van der Waals surface area (Å²) in [5.74, 6) is -0.0698. The second kappa shape index (κ2) is 14.9. The van der Waals surface area contributed by atoms with Gasteiger partial charge in [0.15, 0.2) is 6.61 Å². The largest absolute Gasteiger partial charge is 0.461 e. The minimum Gasteiger partial charge on any atom is -0.461 e. The molecule has 2 heterocycles. The number of esters is 1. The highest BCUT2D eigenvalue weighted by Gasteiger charge is 2.36. The average molecular weight is 718 g/mol. The number of benzene rings is 2. The van der Waals surface area contributed by atoms with Crippen molar-refractivity contribution >= 4 is 37.4 Å². The van der Waals surface area contributed by atoms with Gasteiger partial charge in [-0.15, -0.1) is 0 Å². The van der Waals surface area contributed by atoms with Crippen LogP contribution in [0.5, 0.6) is 0 Å². The molecule has 0 bridgehead atoms. The molecule has 2 saturated heterocycles. The minimum absolute atomic E-state index is 0.00189. The van der Waals surface area contributed by atoms with Crippen molar-refractivity contribution in [2.24, 2.45) is 39.7 Å². The number of ether oxygens (including phenoxy) is 1. The number of oxime groups is 2. The van der Waals surface area contributed by atoms with Gasteiger partial charge in [-0.25, -0.2) is 16.8 Å². The normalized spacial score (nSPS) is 24.4. The van der Waals surface area contributed by atoms with Gasteiger partial charge in [0.1, 0.15) is 24.1 Å². The highest BCUT2D eigenvalue weighted by Crippen LogP contribution is 2.35. The highest BCUT2D eigenvalue weighted by atomic mass is 32.2. The van der Waals surface area contributed by atoms with Crippen LogP contribution in [0.15, 0.2) is 56.5 Å². The summed E-state index contributed by atoms with van der Waals surface area (Å²) in [7, 11) is -7.81. The molecule has 49 heavy (non-hydrogen) atoms. The van der Waals surface area contributed by atoms with Crippen molar-refractivity contribution in [2.75, 3.05) is 39.4 Å². The van der Waals surface area contributed by atoms with E-state index in [0.29, 0.717) is 37.3 Å². The predicted molar refractivity (Wildman–Crippen MR) is 185 cm³/mol. The lowest BCUT2D eigenvalue weighted by molar-refractivity contribution is -0.147. The topological polar surface area (TPSA) is 181 Å². The molecule has 15 heteroatoms. The Hall–Kier alpha value is -3.37. The number of piperidine rings is 2. The van der Waals surface area contributed by atoms with Crippen LogP contribution in [-0.2, 0) is 34.4 Å². The lowest BCUT2D eigenvalue weighted by atomic mass is 9.83. The van der Waals surface area contributed by atoms with Crippen LogP contribution in [0.1, 0.15) is 76.1 Å². The molecule has 0 amide bonds. The van der Waals surface area contributed by atoms with Crippen molar-refractivity contribution in [1.82, 2.24) is 8.61 Å². The Morgan fingerprint density at radius 2 is 1.41 bits per heavy atom. The summed E-state index contributed by atoms with van der Waals surface area (Å²) in [6.07, 6.45) is 2.62. The van der Waals surface area contributed by atoms with Crippen LogP contribution in [0, 0.1) is 23.7 Å². The Labute approximate surface area is 289 Å². The Kier molecular flexibility index (Phi) is 11.2. The lowest BCUT2D eigenvalue weighted by Gasteiger charge is -2.34. The summed E-state index contributed by atoms with van der Waals surface area (Å²) in [4.78, 5) is 17.8. The molecule has 4 atom stereocenters. The molecule has 0 radical (unpaired) electrons. The van der Waals surface area contributed by atoms with E-state index in [1.54, 1.807) is 12.1 Å². The summed E-state index contributed by atoms with van der Waals surface area (Å²) >= 11 is 0. The maximum absolute atomic E-state index is 13.9. The van der Waals surface area contributed by atoms with Gasteiger partial charge in [-0.1, -0.05) is 57.1 Å². The van der Waals surface area contributed by atoms with Crippen LogP contribution in [0.3, 0.4) is 0 Å². The van der Waals surface area contributed by atoms with Crippen molar-refractivity contribution in [3.8, 4) is 0 Å². The maximum atomic E-state index is 13.9. The van der Waals surface area contributed by atoms with Crippen LogP contribution >= 0.6 is 0 Å². The maximum Gasteiger partial charge on any atom is 0.323 e. The SMILES string of the molecule is CC(C)C(N)C(=O)OCCO/N=C1/c2ccc(S(=O)(=O)N3CCC[C@@H](C)C3)cc2/C(=N\O)c2cc(S(=O)(=O)N3C[C@H](C)C[C@H](C)C3)ccc21. The molecule has 2 aromatic carbocycles. The van der Waals surface area contributed by atoms with E-state index in [1.807, 2.05) is 34.6 Å². The fraction of sp³-hybridized carbons (Fsp3) is 0.559. The first-order valence-corrected chi connectivity index (χ1v) is 19.7. The molecule has 2 aliphatic heterocycles. The highest BCUT2D eigenvalue weighted by molar-refractivity contribution is 7.89. The van der Waals surface area contributed by atoms with Gasteiger partial charge in [-0.05, 0) is 67.2 Å². The lowest BCUT2D eigenvalue weighted by Crippen LogP contribution is -2.42. The molecule has 1 unspecified atom stereocenters. The van der Waals surface area contributed by atoms with E-state index in [9.17, 15) is 26.8 Å². The summed E-state index contributed by atoms with van der Waals surface area (Å²) in [6, 6.07) is 8.21. The number of nitrogens with zero attached hydrogens (tertiary/aromatic N) is 4. The number of hydrogen-bond donors (Lipinski definition) is 2. The van der Waals surface area contributed by atoms with Gasteiger partial charge in [0, 0.05) is 48.4 Å². The molecule has 1 aliphatic carbocycles. The molecule has 3 aliphatic rings. The Balaban J connectivity index is 1.54. The standard InChI is InChI=1S/C34H47N5O8S2/c1-21(2)31(35)34(40)46-13-14-47-37-33-27-10-8-25(48(42,43)38-12-6-7-22(3)18-38)16-29(27)32(36-41)30-17-26(9-11-28(30)33)49(44,45)39-19-23(4)15-24(5)20-39/h8-11,16-17,21-24,31,41H,6-7,12-15,18-20,35H2,1-5H3/b36-32+,37-33-/t22-,23-,24+,31?/m1/s1. The zero-order chi connectivity index (χ0) is 35.7. The summed E-state index contributed by atoms with van der Waals surface area (Å²) in [5, 5.41) is 18.3. The summed E-state index contributed by atoms with van der Waals surface area (Å²) < 4.78 is 63.5. The molecular weight excluding hydrogens is 671 g/mol. The monoisotopic (exact) mass is 717 g/mol. The molecule has 0 aromatic heterocycles. The van der Waals surface area contributed by atoms with E-state index < -0.39 is 32.1 Å². The van der Waals surface area contributed by atoms with E-state index in [-0.39, 0.29) is 69.2 Å². The third kappa shape index (κ3) is 7.70. The first-order valence-electron chi connectivity index (χ1n) is 16.8. The van der Waals surface area contributed by atoms with Crippen LogP contribution in [0.2, 0.25) is 0 Å². The predicted octanol–water partition coefficient (Wildman–Crippen LogP) is 3.61. The second-order valence-corrected chi connectivity index (χ2v) is 17.8. The summed E-state index contributed by atoms with van der Waals surface area (Å²) in [5.41, 5.74) is 7.44. The first kappa shape index (κ1) is 36.9. The average Bonchev–Trinajstić information content (AvgIpc) is 3.06.